The number of rotatable bonds is 7. The molecular weight excluding hydrogens is 616 g/mol. The van der Waals surface area contributed by atoms with Gasteiger partial charge in [0.2, 0.25) is 0 Å². The van der Waals surface area contributed by atoms with Gasteiger partial charge in [-0.2, -0.15) is 0 Å². The molecule has 10 nitrogen and oxygen atoms in total. The minimum absolute atomic E-state index is 0.237. The SMILES string of the molecule is CC(c1ccccc1)(c1ccc(OC(=O)C2CCC3C(=O)OC(=O)C3C2)cc1)c1ccc(OC(=O)C2CCC3C(=O)OC(=O)C3C2)cc1. The van der Waals surface area contributed by atoms with Gasteiger partial charge in [-0.1, -0.05) is 54.6 Å². The molecule has 0 spiro atoms. The molecule has 2 saturated heterocycles. The van der Waals surface area contributed by atoms with Crippen molar-refractivity contribution in [2.75, 3.05) is 0 Å². The summed E-state index contributed by atoms with van der Waals surface area (Å²) in [6, 6.07) is 24.5. The van der Waals surface area contributed by atoms with Gasteiger partial charge in [0.15, 0.2) is 0 Å². The Balaban J connectivity index is 1.05. The molecule has 2 heterocycles. The molecule has 7 rings (SSSR count). The zero-order chi connectivity index (χ0) is 33.6. The van der Waals surface area contributed by atoms with Crippen LogP contribution in [-0.4, -0.2) is 35.8 Å². The zero-order valence-corrected chi connectivity index (χ0v) is 26.3. The molecule has 3 aromatic rings. The molecule has 0 N–H and O–H groups in total. The maximum absolute atomic E-state index is 13.0. The first-order valence-corrected chi connectivity index (χ1v) is 16.3. The van der Waals surface area contributed by atoms with Gasteiger partial charge in [0.25, 0.3) is 0 Å². The third-order valence-electron chi connectivity index (χ3n) is 10.6. The van der Waals surface area contributed by atoms with Crippen molar-refractivity contribution in [1.29, 1.82) is 0 Å². The average Bonchev–Trinajstić information content (AvgIpc) is 3.56. The lowest BCUT2D eigenvalue weighted by atomic mass is 9.71. The number of cyclic esters (lactones) is 4. The number of benzene rings is 3. The molecule has 4 fully saturated rings. The fourth-order valence-electron chi connectivity index (χ4n) is 7.74. The summed E-state index contributed by atoms with van der Waals surface area (Å²) >= 11 is 0. The molecule has 6 unspecified atom stereocenters. The largest absolute Gasteiger partial charge is 0.426 e. The molecule has 3 aromatic carbocycles. The van der Waals surface area contributed by atoms with Gasteiger partial charge in [-0.3, -0.25) is 28.8 Å². The summed E-state index contributed by atoms with van der Waals surface area (Å²) in [5.41, 5.74) is 2.25. The van der Waals surface area contributed by atoms with Gasteiger partial charge >= 0.3 is 35.8 Å². The van der Waals surface area contributed by atoms with Crippen molar-refractivity contribution in [3.8, 4) is 11.5 Å². The van der Waals surface area contributed by atoms with E-state index in [0.717, 1.165) is 16.7 Å². The fourth-order valence-corrected chi connectivity index (χ4v) is 7.74. The predicted molar refractivity (Wildman–Crippen MR) is 167 cm³/mol. The summed E-state index contributed by atoms with van der Waals surface area (Å²) in [7, 11) is 0. The van der Waals surface area contributed by atoms with E-state index >= 15 is 0 Å². The normalized spacial score (nSPS) is 27.6. The Bertz CT molecular complexity index is 1670. The number of carbonyl (C=O) groups excluding carboxylic acids is 6. The smallest absolute Gasteiger partial charge is 0.317 e. The molecule has 2 aliphatic carbocycles. The Morgan fingerprint density at radius 3 is 1.33 bits per heavy atom. The van der Waals surface area contributed by atoms with Crippen LogP contribution in [0.1, 0.15) is 62.1 Å². The van der Waals surface area contributed by atoms with Crippen LogP contribution in [0.5, 0.6) is 11.5 Å². The molecule has 0 radical (unpaired) electrons. The van der Waals surface area contributed by atoms with Crippen molar-refractivity contribution >= 4 is 35.8 Å². The van der Waals surface area contributed by atoms with Crippen LogP contribution in [0.25, 0.3) is 0 Å². The minimum Gasteiger partial charge on any atom is -0.426 e. The molecule has 4 aliphatic rings. The van der Waals surface area contributed by atoms with Crippen molar-refractivity contribution in [3.63, 3.8) is 0 Å². The average molecular weight is 651 g/mol. The molecular formula is C38H34O10. The second kappa shape index (κ2) is 12.5. The van der Waals surface area contributed by atoms with Gasteiger partial charge in [-0.15, -0.1) is 0 Å². The summed E-state index contributed by atoms with van der Waals surface area (Å²) in [6.07, 6.45) is 2.22. The summed E-state index contributed by atoms with van der Waals surface area (Å²) in [5.74, 6) is -5.35. The molecule has 246 valence electrons. The van der Waals surface area contributed by atoms with E-state index in [9.17, 15) is 28.8 Å². The van der Waals surface area contributed by atoms with E-state index in [2.05, 4.69) is 6.92 Å². The fraction of sp³-hybridized carbons (Fsp3) is 0.368. The molecule has 0 bridgehead atoms. The highest BCUT2D eigenvalue weighted by molar-refractivity contribution is 5.97. The van der Waals surface area contributed by atoms with E-state index in [0.29, 0.717) is 37.2 Å². The first-order valence-electron chi connectivity index (χ1n) is 16.3. The molecule has 2 aliphatic heterocycles. The van der Waals surface area contributed by atoms with Gasteiger partial charge in [0.1, 0.15) is 11.5 Å². The molecule has 0 amide bonds. The lowest BCUT2D eigenvalue weighted by molar-refractivity contribution is -0.155. The van der Waals surface area contributed by atoms with Crippen LogP contribution in [-0.2, 0) is 43.7 Å². The Hall–Kier alpha value is -5.12. The van der Waals surface area contributed by atoms with Crippen LogP contribution in [0.2, 0.25) is 0 Å². The number of carbonyl (C=O) groups is 6. The Labute approximate surface area is 276 Å². The maximum Gasteiger partial charge on any atom is 0.317 e. The third-order valence-corrected chi connectivity index (χ3v) is 10.6. The lowest BCUT2D eigenvalue weighted by Crippen LogP contribution is -2.33. The zero-order valence-electron chi connectivity index (χ0n) is 26.3. The highest BCUT2D eigenvalue weighted by atomic mass is 16.6. The van der Waals surface area contributed by atoms with Gasteiger partial charge in [-0.05, 0) is 86.4 Å². The molecule has 6 atom stereocenters. The summed E-state index contributed by atoms with van der Waals surface area (Å²) < 4.78 is 21.0. The predicted octanol–water partition coefficient (Wildman–Crippen LogP) is 5.08. The molecule has 0 aromatic heterocycles. The molecule has 2 saturated carbocycles. The van der Waals surface area contributed by atoms with Crippen LogP contribution in [0.3, 0.4) is 0 Å². The van der Waals surface area contributed by atoms with Crippen LogP contribution in [0.15, 0.2) is 78.9 Å². The van der Waals surface area contributed by atoms with Crippen LogP contribution >= 0.6 is 0 Å². The number of ether oxygens (including phenoxy) is 4. The first kappa shape index (κ1) is 31.5. The van der Waals surface area contributed by atoms with E-state index in [-0.39, 0.29) is 12.8 Å². The van der Waals surface area contributed by atoms with E-state index in [1.807, 2.05) is 54.6 Å². The highest BCUT2D eigenvalue weighted by Crippen LogP contribution is 2.43. The van der Waals surface area contributed by atoms with Crippen molar-refractivity contribution in [2.45, 2.75) is 50.9 Å². The van der Waals surface area contributed by atoms with E-state index in [4.69, 9.17) is 18.9 Å². The van der Waals surface area contributed by atoms with Crippen LogP contribution in [0, 0.1) is 35.5 Å². The first-order chi connectivity index (χ1) is 23.1. The quantitative estimate of drug-likeness (QED) is 0.147. The van der Waals surface area contributed by atoms with E-state index in [1.165, 1.54) is 0 Å². The van der Waals surface area contributed by atoms with Crippen molar-refractivity contribution in [3.05, 3.63) is 95.6 Å². The maximum atomic E-state index is 13.0. The number of hydrogen-bond acceptors (Lipinski definition) is 10. The minimum atomic E-state index is -0.631. The van der Waals surface area contributed by atoms with Gasteiger partial charge < -0.3 is 18.9 Å². The second-order valence-electron chi connectivity index (χ2n) is 13.3. The Kier molecular flexibility index (Phi) is 8.19. The lowest BCUT2D eigenvalue weighted by Gasteiger charge is -2.32. The monoisotopic (exact) mass is 650 g/mol. The summed E-state index contributed by atoms with van der Waals surface area (Å²) in [6.45, 7) is 2.09. The van der Waals surface area contributed by atoms with Gasteiger partial charge in [0, 0.05) is 5.41 Å². The van der Waals surface area contributed by atoms with Gasteiger partial charge in [-0.25, -0.2) is 0 Å². The number of fused-ring (bicyclic) bond motifs is 2. The van der Waals surface area contributed by atoms with E-state index < -0.39 is 76.7 Å². The van der Waals surface area contributed by atoms with E-state index in [1.54, 1.807) is 24.3 Å². The van der Waals surface area contributed by atoms with Crippen molar-refractivity contribution in [2.24, 2.45) is 35.5 Å². The topological polar surface area (TPSA) is 139 Å². The number of hydrogen-bond donors (Lipinski definition) is 0. The summed E-state index contributed by atoms with van der Waals surface area (Å²) in [5, 5.41) is 0. The number of esters is 6. The molecule has 48 heavy (non-hydrogen) atoms. The third kappa shape index (κ3) is 5.69. The Morgan fingerprint density at radius 2 is 0.917 bits per heavy atom. The Morgan fingerprint density at radius 1 is 0.542 bits per heavy atom. The van der Waals surface area contributed by atoms with Crippen LogP contribution < -0.4 is 9.47 Å². The standard InChI is InChI=1S/C38H34O10/c1-38(23-5-3-2-4-6-23,24-9-13-26(14-10-24)45-32(39)21-7-17-28-30(19-21)36(43)47-34(28)41)25-11-15-27(16-12-25)46-33(40)22-8-18-29-31(20-22)37(44)48-35(29)42/h2-6,9-16,21-22,28-31H,7-8,17-20H2,1H3. The van der Waals surface area contributed by atoms with Crippen LogP contribution in [0.4, 0.5) is 0 Å². The van der Waals surface area contributed by atoms with Crippen molar-refractivity contribution < 1.29 is 47.7 Å². The van der Waals surface area contributed by atoms with Crippen molar-refractivity contribution in [1.82, 2.24) is 0 Å². The van der Waals surface area contributed by atoms with Gasteiger partial charge in [0.05, 0.1) is 35.5 Å². The highest BCUT2D eigenvalue weighted by Gasteiger charge is 2.50. The molecule has 10 heteroatoms. The summed E-state index contributed by atoms with van der Waals surface area (Å²) in [4.78, 5) is 73.9. The second-order valence-corrected chi connectivity index (χ2v) is 13.3.